The Bertz CT molecular complexity index is 1200. The van der Waals surface area contributed by atoms with Crippen LogP contribution in [0, 0.1) is 5.82 Å². The van der Waals surface area contributed by atoms with E-state index in [1.165, 1.54) is 30.4 Å². The Hall–Kier alpha value is -3.04. The molecule has 0 saturated heterocycles. The minimum atomic E-state index is -2.83. The van der Waals surface area contributed by atoms with Crippen LogP contribution in [0.4, 0.5) is 13.2 Å². The third kappa shape index (κ3) is 5.11. The van der Waals surface area contributed by atoms with Crippen molar-refractivity contribution >= 4 is 32.7 Å². The number of benzene rings is 2. The molecule has 30 heavy (non-hydrogen) atoms. The maximum absolute atomic E-state index is 13.2. The molecule has 0 unspecified atom stereocenters. The van der Waals surface area contributed by atoms with Crippen molar-refractivity contribution in [2.24, 2.45) is 0 Å². The van der Waals surface area contributed by atoms with Crippen LogP contribution in [0.2, 0.25) is 5.02 Å². The third-order valence-corrected chi connectivity index (χ3v) is 5.05. The molecule has 5 nitrogen and oxygen atoms in total. The Balaban J connectivity index is 1.94. The second kappa shape index (κ2) is 9.19. The molecule has 0 fully saturated rings. The first-order chi connectivity index (χ1) is 14.2. The van der Waals surface area contributed by atoms with E-state index in [9.17, 15) is 26.4 Å². The highest BCUT2D eigenvalue weighted by molar-refractivity contribution is 7.73. The lowest BCUT2D eigenvalue weighted by Crippen LogP contribution is -2.25. The number of halogens is 4. The van der Waals surface area contributed by atoms with Crippen molar-refractivity contribution in [3.8, 4) is 11.5 Å². The molecular formula is C20H13ClF3NO4S. The van der Waals surface area contributed by atoms with Crippen LogP contribution >= 0.6 is 11.6 Å². The highest BCUT2D eigenvalue weighted by atomic mass is 35.5. The van der Waals surface area contributed by atoms with Crippen LogP contribution in [0.1, 0.15) is 28.8 Å². The Morgan fingerprint density at radius 1 is 1.13 bits per heavy atom. The topological polar surface area (TPSA) is 72.5 Å². The fourth-order valence-electron chi connectivity index (χ4n) is 2.62. The van der Waals surface area contributed by atoms with Crippen LogP contribution in [-0.2, 0) is 10.3 Å². The first-order valence-corrected chi connectivity index (χ1v) is 9.88. The van der Waals surface area contributed by atoms with E-state index in [2.05, 4.69) is 5.32 Å². The molecule has 1 aliphatic carbocycles. The minimum absolute atomic E-state index is 0.0223. The Labute approximate surface area is 176 Å². The zero-order valence-electron chi connectivity index (χ0n) is 15.0. The molecule has 0 saturated carbocycles. The molecule has 0 aliphatic heterocycles. The summed E-state index contributed by atoms with van der Waals surface area (Å²) in [5.74, 6) is -1.45. The van der Waals surface area contributed by atoms with Gasteiger partial charge in [-0.15, -0.1) is 0 Å². The lowest BCUT2D eigenvalue weighted by molar-refractivity contribution is 0.0962. The average molecular weight is 456 g/mol. The molecule has 0 radical (unpaired) electrons. The highest BCUT2D eigenvalue weighted by Crippen LogP contribution is 2.34. The molecule has 2 aromatic carbocycles. The van der Waals surface area contributed by atoms with Gasteiger partial charge in [-0.1, -0.05) is 17.7 Å². The largest absolute Gasteiger partial charge is 0.455 e. The van der Waals surface area contributed by atoms with Gasteiger partial charge in [0.25, 0.3) is 12.3 Å². The lowest BCUT2D eigenvalue weighted by atomic mass is 10.1. The number of carbonyl (C=O) groups is 1. The van der Waals surface area contributed by atoms with E-state index in [0.29, 0.717) is 0 Å². The van der Waals surface area contributed by atoms with Crippen LogP contribution < -0.4 is 10.1 Å². The minimum Gasteiger partial charge on any atom is -0.455 e. The zero-order chi connectivity index (χ0) is 21.8. The maximum atomic E-state index is 13.2. The van der Waals surface area contributed by atoms with Crippen LogP contribution in [0.5, 0.6) is 11.5 Å². The predicted octanol–water partition coefficient (Wildman–Crippen LogP) is 4.83. The van der Waals surface area contributed by atoms with Gasteiger partial charge < -0.3 is 10.1 Å². The highest BCUT2D eigenvalue weighted by Gasteiger charge is 2.20. The van der Waals surface area contributed by atoms with Crippen molar-refractivity contribution in [2.45, 2.75) is 12.8 Å². The van der Waals surface area contributed by atoms with Crippen LogP contribution in [0.25, 0.3) is 0 Å². The number of nitrogens with one attached hydrogen (secondary N) is 1. The molecular weight excluding hydrogens is 443 g/mol. The second-order valence-corrected chi connectivity index (χ2v) is 7.52. The third-order valence-electron chi connectivity index (χ3n) is 4.05. The predicted molar refractivity (Wildman–Crippen MR) is 106 cm³/mol. The van der Waals surface area contributed by atoms with Crippen LogP contribution in [-0.4, -0.2) is 19.2 Å². The molecule has 3 rings (SSSR count). The number of hydrogen-bond acceptors (Lipinski definition) is 4. The van der Waals surface area contributed by atoms with Gasteiger partial charge in [0.2, 0.25) is 10.3 Å². The van der Waals surface area contributed by atoms with E-state index in [0.717, 1.165) is 24.3 Å². The lowest BCUT2D eigenvalue weighted by Gasteiger charge is -2.16. The van der Waals surface area contributed by atoms with E-state index in [-0.39, 0.29) is 39.1 Å². The summed E-state index contributed by atoms with van der Waals surface area (Å²) < 4.78 is 67.3. The molecule has 156 valence electrons. The van der Waals surface area contributed by atoms with Gasteiger partial charge in [0.05, 0.1) is 15.5 Å². The van der Waals surface area contributed by atoms with Crippen molar-refractivity contribution in [3.63, 3.8) is 0 Å². The number of alkyl halides is 2. The first kappa shape index (κ1) is 21.7. The van der Waals surface area contributed by atoms with Gasteiger partial charge >= 0.3 is 0 Å². The summed E-state index contributed by atoms with van der Waals surface area (Å²) in [6, 6.07) is 6.55. The molecule has 1 N–H and O–H groups in total. The van der Waals surface area contributed by atoms with Gasteiger partial charge in [-0.3, -0.25) is 4.79 Å². The fourth-order valence-corrected chi connectivity index (χ4v) is 3.29. The molecule has 0 bridgehead atoms. The summed E-state index contributed by atoms with van der Waals surface area (Å²) in [6.07, 6.45) is 1.41. The van der Waals surface area contributed by atoms with Gasteiger partial charge in [-0.05, 0) is 48.6 Å². The SMILES string of the molecule is O=C(NC1=CC=CC(=S(=O)=O)C1)c1cc(C(F)F)ccc1Oc1ccc(F)cc1Cl. The molecule has 1 amide bonds. The van der Waals surface area contributed by atoms with E-state index in [1.54, 1.807) is 0 Å². The number of rotatable bonds is 5. The molecule has 1 aliphatic rings. The van der Waals surface area contributed by atoms with Gasteiger partial charge in [0.1, 0.15) is 17.3 Å². The summed E-state index contributed by atoms with van der Waals surface area (Å²) in [5.41, 5.74) is -0.383. The van der Waals surface area contributed by atoms with E-state index in [1.807, 2.05) is 0 Å². The Morgan fingerprint density at radius 2 is 1.87 bits per heavy atom. The van der Waals surface area contributed by atoms with E-state index < -0.39 is 34.0 Å². The number of amides is 1. The number of ether oxygens (including phenoxy) is 1. The van der Waals surface area contributed by atoms with Crippen molar-refractivity contribution < 1.29 is 31.1 Å². The summed E-state index contributed by atoms with van der Waals surface area (Å²) in [4.78, 5) is 12.8. The van der Waals surface area contributed by atoms with Crippen LogP contribution in [0.3, 0.4) is 0 Å². The number of allylic oxidation sites excluding steroid dienone is 4. The number of hydrogen-bond donors (Lipinski definition) is 1. The van der Waals surface area contributed by atoms with Gasteiger partial charge in [0, 0.05) is 17.7 Å². The monoisotopic (exact) mass is 455 g/mol. The van der Waals surface area contributed by atoms with E-state index >= 15 is 0 Å². The number of carbonyl (C=O) groups excluding carboxylic acids is 1. The van der Waals surface area contributed by atoms with Gasteiger partial charge in [-0.2, -0.15) is 8.42 Å². The second-order valence-electron chi connectivity index (χ2n) is 6.12. The molecule has 0 atom stereocenters. The molecule has 0 aromatic heterocycles. The Morgan fingerprint density at radius 3 is 2.53 bits per heavy atom. The summed E-state index contributed by atoms with van der Waals surface area (Å²) in [6.45, 7) is 0. The van der Waals surface area contributed by atoms with E-state index in [4.69, 9.17) is 16.3 Å². The van der Waals surface area contributed by atoms with Crippen molar-refractivity contribution in [3.05, 3.63) is 82.3 Å². The zero-order valence-corrected chi connectivity index (χ0v) is 16.6. The molecule has 10 heteroatoms. The Kier molecular flexibility index (Phi) is 6.63. The summed E-state index contributed by atoms with van der Waals surface area (Å²) >= 11 is 5.93. The average Bonchev–Trinajstić information content (AvgIpc) is 2.70. The van der Waals surface area contributed by atoms with Crippen molar-refractivity contribution in [1.82, 2.24) is 5.32 Å². The quantitative estimate of drug-likeness (QED) is 0.655. The van der Waals surface area contributed by atoms with Crippen molar-refractivity contribution in [1.29, 1.82) is 0 Å². The maximum Gasteiger partial charge on any atom is 0.263 e. The van der Waals surface area contributed by atoms with Gasteiger partial charge in [0.15, 0.2) is 0 Å². The molecule has 0 spiro atoms. The first-order valence-electron chi connectivity index (χ1n) is 8.43. The summed E-state index contributed by atoms with van der Waals surface area (Å²) in [7, 11) is -2.46. The smallest absolute Gasteiger partial charge is 0.263 e. The van der Waals surface area contributed by atoms with Gasteiger partial charge in [-0.25, -0.2) is 13.2 Å². The fraction of sp³-hybridized carbons (Fsp3) is 0.100. The summed E-state index contributed by atoms with van der Waals surface area (Å²) in [5, 5.41) is 2.42. The molecule has 0 heterocycles. The normalized spacial score (nSPS) is 13.2. The van der Waals surface area contributed by atoms with Crippen LogP contribution in [0.15, 0.2) is 60.3 Å². The standard InChI is InChI=1S/C20H13ClF3NO4S/c21-16-9-12(22)5-7-18(16)29-17-6-4-11(19(23)24)8-15(17)20(26)25-13-2-1-3-14(10-13)30(27)28/h1-9,19H,10H2,(H,25,26). The van der Waals surface area contributed by atoms with Crippen molar-refractivity contribution in [2.75, 3.05) is 0 Å². The molecule has 2 aromatic rings.